The zero-order valence-corrected chi connectivity index (χ0v) is 13.3. The number of β-amino-alcohol motifs (C(OH)–C–C–N with tert-alkyl or cyclic N) is 1. The first-order valence-electron chi connectivity index (χ1n) is 6.33. The number of carbonyl (C=O) groups excluding carboxylic acids is 1. The van der Waals surface area contributed by atoms with Crippen molar-refractivity contribution in [3.8, 4) is 0 Å². The van der Waals surface area contributed by atoms with E-state index < -0.39 is 28.0 Å². The maximum absolute atomic E-state index is 12.2. The Bertz CT molecular complexity index is 627. The molecule has 1 N–H and O–H groups in total. The molecule has 1 aliphatic heterocycles. The average Bonchev–Trinajstić information content (AvgIpc) is 2.95. The molecule has 2 rings (SSSR count). The molecule has 1 amide bonds. The quantitative estimate of drug-likeness (QED) is 0.851. The molecule has 1 saturated heterocycles. The van der Waals surface area contributed by atoms with Crippen molar-refractivity contribution >= 4 is 27.5 Å². The van der Waals surface area contributed by atoms with Crippen LogP contribution < -0.4 is 0 Å². The molecule has 1 aromatic rings. The summed E-state index contributed by atoms with van der Waals surface area (Å²) in [6.45, 7) is 0.232. The molecule has 21 heavy (non-hydrogen) atoms. The molecule has 1 aromatic heterocycles. The molecular weight excluding hydrogens is 320 g/mol. The molecule has 118 valence electrons. The summed E-state index contributed by atoms with van der Waals surface area (Å²) in [5.74, 6) is -1.06. The lowest BCUT2D eigenvalue weighted by Gasteiger charge is -2.17. The SMILES string of the molecule is CN(C)S(=O)(=O)C[C@@H]1CN(C(=O)c2ccc(Cl)o2)C[C@@H]1O. The first-order chi connectivity index (χ1) is 9.70. The van der Waals surface area contributed by atoms with Crippen LogP contribution >= 0.6 is 11.6 Å². The van der Waals surface area contributed by atoms with E-state index in [0.29, 0.717) is 0 Å². The first kappa shape index (κ1) is 16.3. The van der Waals surface area contributed by atoms with Gasteiger partial charge >= 0.3 is 0 Å². The van der Waals surface area contributed by atoms with E-state index in [2.05, 4.69) is 0 Å². The van der Waals surface area contributed by atoms with Crippen LogP contribution in [0.4, 0.5) is 0 Å². The number of carbonyl (C=O) groups is 1. The van der Waals surface area contributed by atoms with Crippen molar-refractivity contribution in [1.29, 1.82) is 0 Å². The third-order valence-corrected chi connectivity index (χ3v) is 5.62. The van der Waals surface area contributed by atoms with E-state index in [-0.39, 0.29) is 29.8 Å². The molecule has 0 radical (unpaired) electrons. The molecule has 7 nitrogen and oxygen atoms in total. The molecule has 9 heteroatoms. The van der Waals surface area contributed by atoms with Crippen LogP contribution in [-0.2, 0) is 10.0 Å². The van der Waals surface area contributed by atoms with Crippen LogP contribution in [0.25, 0.3) is 0 Å². The van der Waals surface area contributed by atoms with E-state index in [9.17, 15) is 18.3 Å². The van der Waals surface area contributed by atoms with Crippen molar-refractivity contribution in [1.82, 2.24) is 9.21 Å². The van der Waals surface area contributed by atoms with Crippen molar-refractivity contribution in [3.05, 3.63) is 23.1 Å². The predicted octanol–water partition coefficient (Wildman–Crippen LogP) is 0.257. The van der Waals surface area contributed by atoms with E-state index in [0.717, 1.165) is 4.31 Å². The topological polar surface area (TPSA) is 91.1 Å². The van der Waals surface area contributed by atoms with Gasteiger partial charge in [0.05, 0.1) is 11.9 Å². The number of likely N-dealkylation sites (tertiary alicyclic amines) is 1. The van der Waals surface area contributed by atoms with Gasteiger partial charge in [-0.05, 0) is 23.7 Å². The molecule has 1 aliphatic rings. The second-order valence-corrected chi connectivity index (χ2v) is 7.80. The molecule has 0 saturated carbocycles. The van der Waals surface area contributed by atoms with Gasteiger partial charge in [-0.1, -0.05) is 0 Å². The molecule has 2 atom stereocenters. The highest BCUT2D eigenvalue weighted by Gasteiger charge is 2.38. The minimum atomic E-state index is -3.43. The Morgan fingerprint density at radius 1 is 1.48 bits per heavy atom. The Balaban J connectivity index is 2.06. The number of aliphatic hydroxyl groups is 1. The molecular formula is C12H17ClN2O5S. The number of nitrogens with zero attached hydrogens (tertiary/aromatic N) is 2. The lowest BCUT2D eigenvalue weighted by molar-refractivity contribution is 0.0734. The van der Waals surface area contributed by atoms with Gasteiger partial charge < -0.3 is 14.4 Å². The number of amides is 1. The zero-order chi connectivity index (χ0) is 15.8. The van der Waals surface area contributed by atoms with Crippen LogP contribution in [0, 0.1) is 5.92 Å². The molecule has 2 heterocycles. The van der Waals surface area contributed by atoms with E-state index in [1.165, 1.54) is 31.1 Å². The van der Waals surface area contributed by atoms with Crippen LogP contribution in [0.2, 0.25) is 5.22 Å². The number of hydrogen-bond donors (Lipinski definition) is 1. The second kappa shape index (κ2) is 5.96. The van der Waals surface area contributed by atoms with Crippen molar-refractivity contribution in [3.63, 3.8) is 0 Å². The fourth-order valence-corrected chi connectivity index (χ4v) is 3.50. The highest BCUT2D eigenvalue weighted by molar-refractivity contribution is 7.89. The lowest BCUT2D eigenvalue weighted by atomic mass is 10.1. The maximum Gasteiger partial charge on any atom is 0.289 e. The average molecular weight is 337 g/mol. The number of rotatable bonds is 4. The minimum Gasteiger partial charge on any atom is -0.440 e. The fraction of sp³-hybridized carbons (Fsp3) is 0.583. The number of hydrogen-bond acceptors (Lipinski definition) is 5. The van der Waals surface area contributed by atoms with Gasteiger partial charge in [-0.25, -0.2) is 12.7 Å². The smallest absolute Gasteiger partial charge is 0.289 e. The van der Waals surface area contributed by atoms with Gasteiger partial charge in [0, 0.05) is 33.1 Å². The van der Waals surface area contributed by atoms with Crippen LogP contribution in [-0.4, -0.2) is 67.7 Å². The second-order valence-electron chi connectivity index (χ2n) is 5.20. The summed E-state index contributed by atoms with van der Waals surface area (Å²) in [5.41, 5.74) is 0. The van der Waals surface area contributed by atoms with Gasteiger partial charge in [0.2, 0.25) is 10.0 Å². The summed E-state index contributed by atoms with van der Waals surface area (Å²) in [4.78, 5) is 13.5. The molecule has 0 aromatic carbocycles. The van der Waals surface area contributed by atoms with Crippen molar-refractivity contribution in [2.75, 3.05) is 32.9 Å². The minimum absolute atomic E-state index is 0.0725. The summed E-state index contributed by atoms with van der Waals surface area (Å²) in [6, 6.07) is 2.90. The van der Waals surface area contributed by atoms with Gasteiger partial charge in [-0.3, -0.25) is 4.79 Å². The molecule has 0 aliphatic carbocycles. The molecule has 1 fully saturated rings. The zero-order valence-electron chi connectivity index (χ0n) is 11.7. The van der Waals surface area contributed by atoms with Gasteiger partial charge in [0.1, 0.15) is 0 Å². The fourth-order valence-electron chi connectivity index (χ4n) is 2.19. The van der Waals surface area contributed by atoms with Crippen LogP contribution in [0.1, 0.15) is 10.6 Å². The lowest BCUT2D eigenvalue weighted by Crippen LogP contribution is -2.33. The van der Waals surface area contributed by atoms with Crippen LogP contribution in [0.3, 0.4) is 0 Å². The Labute approximate surface area is 128 Å². The number of halogens is 1. The summed E-state index contributed by atoms with van der Waals surface area (Å²) < 4.78 is 29.9. The van der Waals surface area contributed by atoms with Crippen molar-refractivity contribution in [2.45, 2.75) is 6.10 Å². The monoisotopic (exact) mass is 336 g/mol. The highest BCUT2D eigenvalue weighted by atomic mass is 35.5. The molecule has 0 bridgehead atoms. The number of furan rings is 1. The largest absolute Gasteiger partial charge is 0.440 e. The molecule has 0 unspecified atom stereocenters. The summed E-state index contributed by atoms with van der Waals surface area (Å²) in [6.07, 6.45) is -0.880. The third kappa shape index (κ3) is 3.57. The Kier molecular flexibility index (Phi) is 4.62. The van der Waals surface area contributed by atoms with Gasteiger partial charge in [-0.15, -0.1) is 0 Å². The first-order valence-corrected chi connectivity index (χ1v) is 8.32. The van der Waals surface area contributed by atoms with E-state index in [1.54, 1.807) is 0 Å². The van der Waals surface area contributed by atoms with Crippen LogP contribution in [0.15, 0.2) is 16.5 Å². The maximum atomic E-state index is 12.2. The Morgan fingerprint density at radius 3 is 2.67 bits per heavy atom. The van der Waals surface area contributed by atoms with E-state index in [1.807, 2.05) is 0 Å². The van der Waals surface area contributed by atoms with Crippen molar-refractivity contribution in [2.24, 2.45) is 5.92 Å². The summed E-state index contributed by atoms with van der Waals surface area (Å²) >= 11 is 5.62. The number of aliphatic hydroxyl groups excluding tert-OH is 1. The van der Waals surface area contributed by atoms with Gasteiger partial charge in [0.15, 0.2) is 11.0 Å². The van der Waals surface area contributed by atoms with Gasteiger partial charge in [0.25, 0.3) is 5.91 Å². The van der Waals surface area contributed by atoms with Crippen molar-refractivity contribution < 1.29 is 22.7 Å². The Morgan fingerprint density at radius 2 is 2.14 bits per heavy atom. The Hall–Kier alpha value is -1.09. The summed E-state index contributed by atoms with van der Waals surface area (Å²) in [5, 5.41) is 10.1. The normalized spacial score (nSPS) is 23.0. The van der Waals surface area contributed by atoms with Gasteiger partial charge in [-0.2, -0.15) is 0 Å². The summed E-state index contributed by atoms with van der Waals surface area (Å²) in [7, 11) is -0.563. The van der Waals surface area contributed by atoms with E-state index >= 15 is 0 Å². The standard InChI is InChI=1S/C12H17ClN2O5S/c1-14(2)21(18,19)7-8-5-15(6-9(8)16)12(17)10-3-4-11(13)20-10/h3-4,8-9,16H,5-7H2,1-2H3/t8-,9-/m0/s1. The highest BCUT2D eigenvalue weighted by Crippen LogP contribution is 2.23. The van der Waals surface area contributed by atoms with Crippen LogP contribution in [0.5, 0.6) is 0 Å². The predicted molar refractivity (Wildman–Crippen MR) is 76.6 cm³/mol. The van der Waals surface area contributed by atoms with E-state index in [4.69, 9.17) is 16.0 Å². The number of sulfonamides is 1. The molecule has 0 spiro atoms. The third-order valence-electron chi connectivity index (χ3n) is 3.46.